The van der Waals surface area contributed by atoms with Crippen molar-refractivity contribution >= 4 is 16.8 Å². The number of carbonyl (C=O) groups excluding carboxylic acids is 1. The van der Waals surface area contributed by atoms with Gasteiger partial charge in [-0.3, -0.25) is 4.79 Å². The average Bonchev–Trinajstić information content (AvgIpc) is 2.86. The Kier molecular flexibility index (Phi) is 6.51. The largest absolute Gasteiger partial charge is 0.496 e. The monoisotopic (exact) mass is 466 g/mol. The second kappa shape index (κ2) is 9.52. The van der Waals surface area contributed by atoms with Gasteiger partial charge >= 0.3 is 6.18 Å². The molecule has 1 heterocycles. The molecule has 1 atom stereocenters. The standard InChI is InChI=1S/C26H21F3N2O3/c1-34-24-14-21(17-7-10-19(11-8-17)26(27,28)29)30-22-13-18(9-12-20(22)24)25(33)31-23(15-32)16-5-3-2-4-6-16/h2-14,23,32H,15H2,1H3,(H,31,33). The third-order valence-corrected chi connectivity index (χ3v) is 5.45. The number of alkyl halides is 3. The van der Waals surface area contributed by atoms with Crippen molar-refractivity contribution in [3.8, 4) is 17.0 Å². The van der Waals surface area contributed by atoms with Gasteiger partial charge in [-0.1, -0.05) is 42.5 Å². The van der Waals surface area contributed by atoms with E-state index in [0.29, 0.717) is 33.5 Å². The summed E-state index contributed by atoms with van der Waals surface area (Å²) in [6, 6.07) is 19.8. The highest BCUT2D eigenvalue weighted by atomic mass is 19.4. The number of rotatable bonds is 6. The number of fused-ring (bicyclic) bond motifs is 1. The van der Waals surface area contributed by atoms with Crippen molar-refractivity contribution in [3.63, 3.8) is 0 Å². The Morgan fingerprint density at radius 1 is 1.03 bits per heavy atom. The van der Waals surface area contributed by atoms with E-state index in [1.54, 1.807) is 24.3 Å². The van der Waals surface area contributed by atoms with Crippen molar-refractivity contribution < 1.29 is 27.8 Å². The molecule has 0 fully saturated rings. The Bertz CT molecular complexity index is 1310. The topological polar surface area (TPSA) is 71.5 Å². The van der Waals surface area contributed by atoms with Crippen molar-refractivity contribution in [3.05, 3.63) is 95.6 Å². The van der Waals surface area contributed by atoms with Crippen LogP contribution in [0.4, 0.5) is 13.2 Å². The summed E-state index contributed by atoms with van der Waals surface area (Å²) in [7, 11) is 1.48. The Morgan fingerprint density at radius 2 is 1.74 bits per heavy atom. The molecule has 0 aliphatic carbocycles. The number of methoxy groups -OCH3 is 1. The molecule has 2 N–H and O–H groups in total. The smallest absolute Gasteiger partial charge is 0.416 e. The average molecular weight is 466 g/mol. The third kappa shape index (κ3) is 4.87. The zero-order chi connectivity index (χ0) is 24.3. The Balaban J connectivity index is 1.68. The van der Waals surface area contributed by atoms with E-state index in [0.717, 1.165) is 17.7 Å². The predicted molar refractivity (Wildman–Crippen MR) is 122 cm³/mol. The van der Waals surface area contributed by atoms with Crippen LogP contribution in [0.2, 0.25) is 0 Å². The van der Waals surface area contributed by atoms with Gasteiger partial charge in [-0.05, 0) is 35.9 Å². The van der Waals surface area contributed by atoms with E-state index in [1.807, 2.05) is 30.3 Å². The number of amides is 1. The number of benzene rings is 3. The van der Waals surface area contributed by atoms with Gasteiger partial charge in [0.1, 0.15) is 5.75 Å². The summed E-state index contributed by atoms with van der Waals surface area (Å²) in [5.41, 5.74) is 1.67. The number of halogens is 3. The maximum Gasteiger partial charge on any atom is 0.416 e. The number of ether oxygens (including phenoxy) is 1. The van der Waals surface area contributed by atoms with Crippen LogP contribution in [-0.2, 0) is 6.18 Å². The first kappa shape index (κ1) is 23.3. The van der Waals surface area contributed by atoms with E-state index in [1.165, 1.54) is 19.2 Å². The molecule has 5 nitrogen and oxygen atoms in total. The summed E-state index contributed by atoms with van der Waals surface area (Å²) in [4.78, 5) is 17.4. The van der Waals surface area contributed by atoms with Crippen LogP contribution < -0.4 is 10.1 Å². The molecule has 174 valence electrons. The Morgan fingerprint density at radius 3 is 2.35 bits per heavy atom. The predicted octanol–water partition coefficient (Wildman–Crippen LogP) is 5.39. The summed E-state index contributed by atoms with van der Waals surface area (Å²) in [5.74, 6) is 0.0786. The number of aromatic nitrogens is 1. The van der Waals surface area contributed by atoms with Gasteiger partial charge in [0.25, 0.3) is 5.91 Å². The third-order valence-electron chi connectivity index (χ3n) is 5.45. The molecule has 4 aromatic rings. The van der Waals surface area contributed by atoms with E-state index >= 15 is 0 Å². The minimum Gasteiger partial charge on any atom is -0.496 e. The van der Waals surface area contributed by atoms with Gasteiger partial charge < -0.3 is 15.2 Å². The first-order valence-corrected chi connectivity index (χ1v) is 10.4. The van der Waals surface area contributed by atoms with Gasteiger partial charge in [-0.25, -0.2) is 4.98 Å². The fourth-order valence-electron chi connectivity index (χ4n) is 3.65. The molecular weight excluding hydrogens is 445 g/mol. The second-order valence-electron chi connectivity index (χ2n) is 7.64. The zero-order valence-corrected chi connectivity index (χ0v) is 18.1. The summed E-state index contributed by atoms with van der Waals surface area (Å²) in [5, 5.41) is 13.2. The molecule has 0 spiro atoms. The number of aliphatic hydroxyl groups is 1. The number of nitrogens with one attached hydrogen (secondary N) is 1. The Labute approximate surface area is 193 Å². The van der Waals surface area contributed by atoms with E-state index < -0.39 is 23.7 Å². The number of carbonyl (C=O) groups is 1. The highest BCUT2D eigenvalue weighted by Gasteiger charge is 2.30. The van der Waals surface area contributed by atoms with Crippen LogP contribution in [0.25, 0.3) is 22.2 Å². The van der Waals surface area contributed by atoms with Crippen LogP contribution in [0, 0.1) is 0 Å². The molecule has 0 aliphatic heterocycles. The van der Waals surface area contributed by atoms with Gasteiger partial charge in [0, 0.05) is 22.6 Å². The van der Waals surface area contributed by atoms with Crippen molar-refractivity contribution in [2.24, 2.45) is 0 Å². The fourth-order valence-corrected chi connectivity index (χ4v) is 3.65. The lowest BCUT2D eigenvalue weighted by molar-refractivity contribution is -0.137. The number of hydrogen-bond acceptors (Lipinski definition) is 4. The number of pyridine rings is 1. The quantitative estimate of drug-likeness (QED) is 0.400. The van der Waals surface area contributed by atoms with Crippen molar-refractivity contribution in [2.45, 2.75) is 12.2 Å². The first-order valence-electron chi connectivity index (χ1n) is 10.4. The van der Waals surface area contributed by atoms with Crippen LogP contribution in [-0.4, -0.2) is 29.7 Å². The highest BCUT2D eigenvalue weighted by molar-refractivity contribution is 5.99. The second-order valence-corrected chi connectivity index (χ2v) is 7.64. The zero-order valence-electron chi connectivity index (χ0n) is 18.1. The van der Waals surface area contributed by atoms with Gasteiger partial charge in [-0.2, -0.15) is 13.2 Å². The molecule has 1 aromatic heterocycles. The summed E-state index contributed by atoms with van der Waals surface area (Å²) in [6.07, 6.45) is -4.43. The molecule has 1 amide bonds. The maximum atomic E-state index is 12.9. The molecule has 0 aliphatic rings. The van der Waals surface area contributed by atoms with E-state index in [4.69, 9.17) is 4.74 Å². The minimum atomic E-state index is -4.43. The van der Waals surface area contributed by atoms with E-state index in [-0.39, 0.29) is 6.61 Å². The van der Waals surface area contributed by atoms with Gasteiger partial charge in [-0.15, -0.1) is 0 Å². The lowest BCUT2D eigenvalue weighted by Gasteiger charge is -2.17. The van der Waals surface area contributed by atoms with Crippen molar-refractivity contribution in [1.29, 1.82) is 0 Å². The van der Waals surface area contributed by atoms with Crippen molar-refractivity contribution in [1.82, 2.24) is 10.3 Å². The lowest BCUT2D eigenvalue weighted by Crippen LogP contribution is -2.30. The molecule has 0 radical (unpaired) electrons. The molecule has 3 aromatic carbocycles. The van der Waals surface area contributed by atoms with Crippen LogP contribution in [0.1, 0.15) is 27.5 Å². The van der Waals surface area contributed by atoms with Gasteiger partial charge in [0.05, 0.1) is 36.5 Å². The lowest BCUT2D eigenvalue weighted by atomic mass is 10.0. The molecule has 4 rings (SSSR count). The molecule has 8 heteroatoms. The number of aliphatic hydroxyl groups excluding tert-OH is 1. The fraction of sp³-hybridized carbons (Fsp3) is 0.154. The molecule has 34 heavy (non-hydrogen) atoms. The van der Waals surface area contributed by atoms with Crippen LogP contribution in [0.5, 0.6) is 5.75 Å². The SMILES string of the molecule is COc1cc(-c2ccc(C(F)(F)F)cc2)nc2cc(C(=O)NC(CO)c3ccccc3)ccc12. The highest BCUT2D eigenvalue weighted by Crippen LogP contribution is 2.33. The minimum absolute atomic E-state index is 0.270. The molecule has 0 bridgehead atoms. The molecule has 1 unspecified atom stereocenters. The summed E-state index contributed by atoms with van der Waals surface area (Å²) < 4.78 is 44.2. The number of nitrogens with zero attached hydrogens (tertiary/aromatic N) is 1. The normalized spacial score (nSPS) is 12.4. The van der Waals surface area contributed by atoms with E-state index in [2.05, 4.69) is 10.3 Å². The molecule has 0 saturated carbocycles. The van der Waals surface area contributed by atoms with Crippen LogP contribution in [0.3, 0.4) is 0 Å². The summed E-state index contributed by atoms with van der Waals surface area (Å²) in [6.45, 7) is -0.270. The van der Waals surface area contributed by atoms with Crippen LogP contribution in [0.15, 0.2) is 78.9 Å². The summed E-state index contributed by atoms with van der Waals surface area (Å²) >= 11 is 0. The van der Waals surface area contributed by atoms with Crippen LogP contribution >= 0.6 is 0 Å². The van der Waals surface area contributed by atoms with Gasteiger partial charge in [0.2, 0.25) is 0 Å². The van der Waals surface area contributed by atoms with Crippen molar-refractivity contribution in [2.75, 3.05) is 13.7 Å². The van der Waals surface area contributed by atoms with Gasteiger partial charge in [0.15, 0.2) is 0 Å². The molecular formula is C26H21F3N2O3. The maximum absolute atomic E-state index is 12.9. The van der Waals surface area contributed by atoms with E-state index in [9.17, 15) is 23.1 Å². The Hall–Kier alpha value is -3.91. The molecule has 0 saturated heterocycles. The number of hydrogen-bond donors (Lipinski definition) is 2. The first-order chi connectivity index (χ1) is 16.3.